The summed E-state index contributed by atoms with van der Waals surface area (Å²) in [6, 6.07) is 0. The fourth-order valence-electron chi connectivity index (χ4n) is 5.08. The second-order valence-corrected chi connectivity index (χ2v) is 13.1. The van der Waals surface area contributed by atoms with Gasteiger partial charge in [0.2, 0.25) is 5.91 Å². The van der Waals surface area contributed by atoms with Crippen LogP contribution in [0.3, 0.4) is 0 Å². The summed E-state index contributed by atoms with van der Waals surface area (Å²) >= 11 is 0. The number of hydrogen-bond acceptors (Lipinski definition) is 5. The molecule has 0 aliphatic carbocycles. The van der Waals surface area contributed by atoms with E-state index < -0.39 is 23.5 Å². The van der Waals surface area contributed by atoms with Crippen molar-refractivity contribution in [1.82, 2.24) is 5.32 Å². The van der Waals surface area contributed by atoms with Crippen molar-refractivity contribution < 1.29 is 29.3 Å². The zero-order valence-corrected chi connectivity index (χ0v) is 26.5. The van der Waals surface area contributed by atoms with Crippen molar-refractivity contribution in [3.63, 3.8) is 0 Å². The van der Waals surface area contributed by atoms with E-state index in [-0.39, 0.29) is 19.8 Å². The summed E-state index contributed by atoms with van der Waals surface area (Å²) in [7, 11) is 4.30. The Kier molecular flexibility index (Phi) is 23.5. The summed E-state index contributed by atoms with van der Waals surface area (Å²) in [5.74, 6) is -0.464. The van der Waals surface area contributed by atoms with Crippen LogP contribution in [-0.2, 0) is 9.53 Å². The lowest BCUT2D eigenvalue weighted by atomic mass is 9.87. The largest absolute Gasteiger partial charge is 0.396 e. The monoisotopic (exact) mass is 560 g/mol. The van der Waals surface area contributed by atoms with Crippen LogP contribution >= 0.6 is 0 Å². The number of nitrogens with one attached hydrogen (secondary N) is 1. The van der Waals surface area contributed by atoms with Crippen LogP contribution in [0.4, 0.5) is 0 Å². The van der Waals surface area contributed by atoms with Crippen molar-refractivity contribution in [1.29, 1.82) is 0 Å². The quantitative estimate of drug-likeness (QED) is 0.0740. The van der Waals surface area contributed by atoms with Crippen LogP contribution in [-0.4, -0.2) is 91.5 Å². The maximum atomic E-state index is 12.1. The first-order valence-corrected chi connectivity index (χ1v) is 16.2. The molecular weight excluding hydrogens is 492 g/mol. The molecule has 0 spiro atoms. The van der Waals surface area contributed by atoms with E-state index in [1.807, 2.05) is 0 Å². The predicted molar refractivity (Wildman–Crippen MR) is 163 cm³/mol. The minimum atomic E-state index is -1.21. The number of quaternary nitrogens is 1. The highest BCUT2D eigenvalue weighted by molar-refractivity contribution is 5.81. The maximum absolute atomic E-state index is 12.1. The highest BCUT2D eigenvalue weighted by Crippen LogP contribution is 2.22. The van der Waals surface area contributed by atoms with Gasteiger partial charge in [0.25, 0.3) is 0 Å². The van der Waals surface area contributed by atoms with Gasteiger partial charge in [-0.1, -0.05) is 111 Å². The first kappa shape index (κ1) is 38.3. The predicted octanol–water partition coefficient (Wildman–Crippen LogP) is 5.59. The number of aliphatic hydroxyl groups excluding tert-OH is 3. The van der Waals surface area contributed by atoms with Gasteiger partial charge in [-0.15, -0.1) is 0 Å². The third-order valence-corrected chi connectivity index (χ3v) is 7.73. The normalized spacial score (nSPS) is 13.9. The molecule has 2 unspecified atom stereocenters. The molecule has 0 radical (unpaired) electrons. The number of rotatable bonds is 28. The van der Waals surface area contributed by atoms with Gasteiger partial charge in [0.05, 0.1) is 33.9 Å². The van der Waals surface area contributed by atoms with Crippen molar-refractivity contribution in [2.45, 2.75) is 142 Å². The molecule has 7 nitrogen and oxygen atoms in total. The van der Waals surface area contributed by atoms with Gasteiger partial charge in [0.15, 0.2) is 0 Å². The van der Waals surface area contributed by atoms with Crippen LogP contribution in [0.2, 0.25) is 0 Å². The van der Waals surface area contributed by atoms with Crippen molar-refractivity contribution >= 4 is 5.91 Å². The van der Waals surface area contributed by atoms with Crippen LogP contribution in [0.15, 0.2) is 0 Å². The Hall–Kier alpha value is -0.730. The van der Waals surface area contributed by atoms with Crippen LogP contribution in [0.1, 0.15) is 130 Å². The number of aliphatic hydroxyl groups is 3. The molecule has 0 fully saturated rings. The molecule has 0 aromatic carbocycles. The lowest BCUT2D eigenvalue weighted by Gasteiger charge is -2.33. The average Bonchev–Trinajstić information content (AvgIpc) is 2.87. The fourth-order valence-corrected chi connectivity index (χ4v) is 5.08. The summed E-state index contributed by atoms with van der Waals surface area (Å²) in [5.41, 5.74) is -0.777. The standard InChI is InChI=1S/C32H66N2O5/c1-6-7-8-9-10-11-12-13-14-15-16-17-18-19-20-21-24-34(4,5)26-29(36)27-39-28-32(2,3)30(37)31(38)33-23-22-25-35/h29-30,35-37H,6-28H2,1-5H3/p+1. The van der Waals surface area contributed by atoms with Gasteiger partial charge in [-0.3, -0.25) is 4.79 Å². The molecule has 2 atom stereocenters. The van der Waals surface area contributed by atoms with Crippen molar-refractivity contribution in [2.75, 3.05) is 53.6 Å². The molecule has 39 heavy (non-hydrogen) atoms. The van der Waals surface area contributed by atoms with Crippen LogP contribution in [0, 0.1) is 5.41 Å². The lowest BCUT2D eigenvalue weighted by Crippen LogP contribution is -2.48. The molecule has 0 aromatic rings. The van der Waals surface area contributed by atoms with E-state index in [2.05, 4.69) is 26.3 Å². The fraction of sp³-hybridized carbons (Fsp3) is 0.969. The molecule has 0 aliphatic heterocycles. The van der Waals surface area contributed by atoms with Gasteiger partial charge in [-0.05, 0) is 19.3 Å². The number of amides is 1. The Morgan fingerprint density at radius 2 is 1.26 bits per heavy atom. The number of ether oxygens (including phenoxy) is 1. The average molecular weight is 560 g/mol. The number of likely N-dealkylation sites (N-methyl/N-ethyl adjacent to an activating group) is 1. The zero-order chi connectivity index (χ0) is 29.4. The number of hydrogen-bond donors (Lipinski definition) is 4. The van der Waals surface area contributed by atoms with Crippen molar-refractivity contribution in [2.24, 2.45) is 5.41 Å². The van der Waals surface area contributed by atoms with Crippen LogP contribution in [0.25, 0.3) is 0 Å². The van der Waals surface area contributed by atoms with Gasteiger partial charge >= 0.3 is 0 Å². The third-order valence-electron chi connectivity index (χ3n) is 7.73. The number of nitrogens with zero attached hydrogens (tertiary/aromatic N) is 1. The van der Waals surface area contributed by atoms with E-state index >= 15 is 0 Å². The van der Waals surface area contributed by atoms with Gasteiger partial charge in [-0.2, -0.15) is 0 Å². The molecule has 0 saturated heterocycles. The maximum Gasteiger partial charge on any atom is 0.249 e. The Balaban J connectivity index is 3.79. The molecule has 7 heteroatoms. The van der Waals surface area contributed by atoms with E-state index in [4.69, 9.17) is 9.84 Å². The Labute approximate surface area is 241 Å². The third kappa shape index (κ3) is 22.6. The highest BCUT2D eigenvalue weighted by Gasteiger charge is 2.34. The van der Waals surface area contributed by atoms with E-state index in [0.717, 1.165) is 11.0 Å². The van der Waals surface area contributed by atoms with Gasteiger partial charge in [0, 0.05) is 18.6 Å². The summed E-state index contributed by atoms with van der Waals surface area (Å²) in [6.45, 7) is 8.15. The van der Waals surface area contributed by atoms with Gasteiger partial charge < -0.3 is 29.9 Å². The minimum Gasteiger partial charge on any atom is -0.396 e. The molecule has 0 heterocycles. The summed E-state index contributed by atoms with van der Waals surface area (Å²) in [6.07, 6.45) is 20.5. The van der Waals surface area contributed by atoms with Crippen LogP contribution in [0.5, 0.6) is 0 Å². The molecule has 1 amide bonds. The smallest absolute Gasteiger partial charge is 0.249 e. The second kappa shape index (κ2) is 23.9. The topological polar surface area (TPSA) is 99.0 Å². The SMILES string of the molecule is CCCCCCCCCCCCCCCCCC[N+](C)(C)CC(O)COCC(C)(C)C(O)C(=O)NCCCO. The summed E-state index contributed by atoms with van der Waals surface area (Å²) < 4.78 is 6.45. The molecule has 0 bridgehead atoms. The molecule has 0 aromatic heterocycles. The minimum absolute atomic E-state index is 0.00486. The first-order chi connectivity index (χ1) is 18.6. The second-order valence-electron chi connectivity index (χ2n) is 13.1. The number of carbonyl (C=O) groups excluding carboxylic acids is 1. The Morgan fingerprint density at radius 3 is 1.72 bits per heavy atom. The molecule has 0 rings (SSSR count). The van der Waals surface area contributed by atoms with E-state index in [1.54, 1.807) is 13.8 Å². The zero-order valence-electron chi connectivity index (χ0n) is 26.5. The molecule has 4 N–H and O–H groups in total. The van der Waals surface area contributed by atoms with Crippen molar-refractivity contribution in [3.05, 3.63) is 0 Å². The van der Waals surface area contributed by atoms with Crippen molar-refractivity contribution in [3.8, 4) is 0 Å². The van der Waals surface area contributed by atoms with E-state index in [9.17, 15) is 15.0 Å². The van der Waals surface area contributed by atoms with E-state index in [1.165, 1.54) is 103 Å². The number of unbranched alkanes of at least 4 members (excludes halogenated alkanes) is 15. The van der Waals surface area contributed by atoms with E-state index in [0.29, 0.717) is 19.5 Å². The summed E-state index contributed by atoms with van der Waals surface area (Å²) in [4.78, 5) is 12.1. The van der Waals surface area contributed by atoms with Gasteiger partial charge in [-0.25, -0.2) is 0 Å². The highest BCUT2D eigenvalue weighted by atomic mass is 16.5. The molecule has 0 saturated carbocycles. The summed E-state index contributed by atoms with van der Waals surface area (Å²) in [5, 5.41) is 32.3. The van der Waals surface area contributed by atoms with Gasteiger partial charge in [0.1, 0.15) is 18.8 Å². The Bertz CT molecular complexity index is 571. The molecule has 234 valence electrons. The van der Waals surface area contributed by atoms with Crippen LogP contribution < -0.4 is 5.32 Å². The molecular formula is C32H67N2O5+. The molecule has 0 aliphatic rings. The first-order valence-electron chi connectivity index (χ1n) is 16.2. The Morgan fingerprint density at radius 1 is 0.795 bits per heavy atom. The number of carbonyl (C=O) groups is 1. The lowest BCUT2D eigenvalue weighted by molar-refractivity contribution is -0.893.